The van der Waals surface area contributed by atoms with E-state index < -0.39 is 0 Å². The van der Waals surface area contributed by atoms with Crippen molar-refractivity contribution in [1.82, 2.24) is 14.8 Å². The van der Waals surface area contributed by atoms with E-state index in [4.69, 9.17) is 9.72 Å². The number of carbonyl (C=O) groups is 1. The molecule has 3 heterocycles. The van der Waals surface area contributed by atoms with Crippen molar-refractivity contribution < 1.29 is 14.6 Å². The second-order valence-electron chi connectivity index (χ2n) is 6.11. The Kier molecular flexibility index (Phi) is 5.72. The number of ether oxygens (including phenoxy) is 1. The summed E-state index contributed by atoms with van der Waals surface area (Å²) in [7, 11) is 0. The third-order valence-corrected chi connectivity index (χ3v) is 5.73. The van der Waals surface area contributed by atoms with E-state index in [9.17, 15) is 9.90 Å². The lowest BCUT2D eigenvalue weighted by Crippen LogP contribution is -2.07. The molecule has 1 N–H and O–H groups in total. The zero-order chi connectivity index (χ0) is 19.6. The normalized spacial score (nSPS) is 11.0. The average Bonchev–Trinajstić information content (AvgIpc) is 3.21. The van der Waals surface area contributed by atoms with Crippen LogP contribution in [0.5, 0.6) is 0 Å². The molecule has 0 saturated carbocycles. The molecule has 0 radical (unpaired) electrons. The summed E-state index contributed by atoms with van der Waals surface area (Å²) in [6.07, 6.45) is 2.38. The highest BCUT2D eigenvalue weighted by atomic mass is 32.1. The van der Waals surface area contributed by atoms with Crippen molar-refractivity contribution >= 4 is 17.3 Å². The van der Waals surface area contributed by atoms with Crippen molar-refractivity contribution in [3.8, 4) is 16.4 Å². The van der Waals surface area contributed by atoms with E-state index in [1.807, 2.05) is 25.1 Å². The molecule has 0 atom stereocenters. The molecule has 0 aliphatic rings. The van der Waals surface area contributed by atoms with Crippen LogP contribution in [0.3, 0.4) is 0 Å². The zero-order valence-electron chi connectivity index (χ0n) is 15.9. The summed E-state index contributed by atoms with van der Waals surface area (Å²) in [5, 5.41) is 14.2. The first-order valence-electron chi connectivity index (χ1n) is 8.93. The molecule has 0 unspecified atom stereocenters. The molecule has 0 aliphatic heterocycles. The molecule has 0 spiro atoms. The van der Waals surface area contributed by atoms with Crippen molar-refractivity contribution in [2.45, 2.75) is 40.7 Å². The molecule has 0 saturated heterocycles. The molecule has 0 amide bonds. The van der Waals surface area contributed by atoms with Crippen LogP contribution in [0.4, 0.5) is 0 Å². The number of rotatable bonds is 6. The van der Waals surface area contributed by atoms with Crippen molar-refractivity contribution in [2.24, 2.45) is 0 Å². The lowest BCUT2D eigenvalue weighted by Gasteiger charge is -2.08. The number of nitrogens with zero attached hydrogens (tertiary/aromatic N) is 3. The third-order valence-electron chi connectivity index (χ3n) is 4.52. The Bertz CT molecular complexity index is 975. The summed E-state index contributed by atoms with van der Waals surface area (Å²) >= 11 is 1.64. The van der Waals surface area contributed by atoms with Crippen LogP contribution in [0.1, 0.15) is 45.9 Å². The van der Waals surface area contributed by atoms with Gasteiger partial charge in [-0.05, 0) is 44.9 Å². The summed E-state index contributed by atoms with van der Waals surface area (Å²) in [4.78, 5) is 18.9. The molecule has 0 fully saturated rings. The third kappa shape index (κ3) is 3.52. The molecule has 6 nitrogen and oxygen atoms in total. The Hall–Kier alpha value is -2.51. The van der Waals surface area contributed by atoms with E-state index in [0.717, 1.165) is 22.6 Å². The molecule has 3 rings (SSSR count). The van der Waals surface area contributed by atoms with Gasteiger partial charge in [-0.2, -0.15) is 5.10 Å². The molecule has 0 aromatic carbocycles. The number of hydrogen-bond donors (Lipinski definition) is 1. The first kappa shape index (κ1) is 19.3. The Morgan fingerprint density at radius 1 is 1.26 bits per heavy atom. The van der Waals surface area contributed by atoms with Crippen LogP contribution < -0.4 is 0 Å². The van der Waals surface area contributed by atoms with Crippen molar-refractivity contribution in [1.29, 1.82) is 0 Å². The monoisotopic (exact) mass is 385 g/mol. The van der Waals surface area contributed by atoms with Crippen molar-refractivity contribution in [3.05, 3.63) is 51.7 Å². The van der Waals surface area contributed by atoms with E-state index in [2.05, 4.69) is 18.9 Å². The van der Waals surface area contributed by atoms with Gasteiger partial charge in [0.15, 0.2) is 5.82 Å². The van der Waals surface area contributed by atoms with Crippen LogP contribution in [0.2, 0.25) is 0 Å². The zero-order valence-corrected chi connectivity index (χ0v) is 16.8. The molecule has 0 bridgehead atoms. The number of hydrogen-bond acceptors (Lipinski definition) is 6. The van der Waals surface area contributed by atoms with Crippen molar-refractivity contribution in [3.63, 3.8) is 0 Å². The predicted octanol–water partition coefficient (Wildman–Crippen LogP) is 3.84. The van der Waals surface area contributed by atoms with Gasteiger partial charge in [-0.1, -0.05) is 13.0 Å². The largest absolute Gasteiger partial charge is 0.462 e. The number of aryl methyl sites for hydroxylation is 1. The van der Waals surface area contributed by atoms with E-state index in [-0.39, 0.29) is 12.6 Å². The van der Waals surface area contributed by atoms with Crippen LogP contribution in [-0.4, -0.2) is 32.4 Å². The number of aliphatic hydroxyl groups excluding tert-OH is 1. The van der Waals surface area contributed by atoms with Gasteiger partial charge in [-0.25, -0.2) is 14.5 Å². The summed E-state index contributed by atoms with van der Waals surface area (Å²) < 4.78 is 6.71. The maximum Gasteiger partial charge on any atom is 0.341 e. The van der Waals surface area contributed by atoms with Crippen LogP contribution >= 0.6 is 11.3 Å². The summed E-state index contributed by atoms with van der Waals surface area (Å²) in [6, 6.07) is 5.68. The minimum atomic E-state index is -0.388. The first-order valence-corrected chi connectivity index (χ1v) is 9.74. The number of esters is 1. The van der Waals surface area contributed by atoms with Gasteiger partial charge in [0.1, 0.15) is 5.56 Å². The van der Waals surface area contributed by atoms with Gasteiger partial charge in [-0.15, -0.1) is 11.3 Å². The maximum atomic E-state index is 12.0. The number of thiophene rings is 1. The smallest absolute Gasteiger partial charge is 0.341 e. The topological polar surface area (TPSA) is 77.2 Å². The number of aromatic nitrogens is 3. The average molecular weight is 385 g/mol. The molecular weight excluding hydrogens is 362 g/mol. The standard InChI is InChI=1S/C20H23N3O3S/c1-5-14-13(4)27-19(16(14)11-24)17-8-7-9-18(22-17)23-12(3)15(10-21-23)20(25)26-6-2/h7-10,24H,5-6,11H2,1-4H3. The summed E-state index contributed by atoms with van der Waals surface area (Å²) in [5.41, 5.74) is 4.02. The lowest BCUT2D eigenvalue weighted by atomic mass is 10.1. The summed E-state index contributed by atoms with van der Waals surface area (Å²) in [6.45, 7) is 8.05. The number of pyridine rings is 1. The van der Waals surface area contributed by atoms with E-state index in [1.54, 1.807) is 22.9 Å². The van der Waals surface area contributed by atoms with E-state index >= 15 is 0 Å². The van der Waals surface area contributed by atoms with Gasteiger partial charge in [0, 0.05) is 10.4 Å². The van der Waals surface area contributed by atoms with Gasteiger partial charge in [0.2, 0.25) is 0 Å². The molecule has 0 aliphatic carbocycles. The molecular formula is C20H23N3O3S. The SMILES string of the molecule is CCOC(=O)c1cnn(-c2cccc(-c3sc(C)c(CC)c3CO)n2)c1C. The van der Waals surface area contributed by atoms with Gasteiger partial charge in [0.25, 0.3) is 0 Å². The molecule has 7 heteroatoms. The van der Waals surface area contributed by atoms with Gasteiger partial charge >= 0.3 is 5.97 Å². The minimum Gasteiger partial charge on any atom is -0.462 e. The fraction of sp³-hybridized carbons (Fsp3) is 0.350. The van der Waals surface area contributed by atoms with Gasteiger partial charge < -0.3 is 9.84 Å². The second-order valence-corrected chi connectivity index (χ2v) is 7.34. The Labute approximate surface area is 162 Å². The quantitative estimate of drug-likeness (QED) is 0.652. The number of aliphatic hydroxyl groups is 1. The Morgan fingerprint density at radius 3 is 2.70 bits per heavy atom. The van der Waals surface area contributed by atoms with Gasteiger partial charge in [0.05, 0.1) is 35.7 Å². The lowest BCUT2D eigenvalue weighted by molar-refractivity contribution is 0.0525. The highest BCUT2D eigenvalue weighted by Gasteiger charge is 2.19. The minimum absolute atomic E-state index is 0.0114. The fourth-order valence-corrected chi connectivity index (χ4v) is 4.41. The van der Waals surface area contributed by atoms with Crippen LogP contribution in [0, 0.1) is 13.8 Å². The summed E-state index contributed by atoms with van der Waals surface area (Å²) in [5.74, 6) is 0.231. The molecule has 142 valence electrons. The predicted molar refractivity (Wildman–Crippen MR) is 105 cm³/mol. The molecule has 3 aromatic rings. The molecule has 27 heavy (non-hydrogen) atoms. The second kappa shape index (κ2) is 8.02. The first-order chi connectivity index (χ1) is 13.0. The van der Waals surface area contributed by atoms with Gasteiger partial charge in [-0.3, -0.25) is 0 Å². The Morgan fingerprint density at radius 2 is 2.04 bits per heavy atom. The molecule has 3 aromatic heterocycles. The highest BCUT2D eigenvalue weighted by Crippen LogP contribution is 2.36. The van der Waals surface area contributed by atoms with Crippen molar-refractivity contribution in [2.75, 3.05) is 6.61 Å². The van der Waals surface area contributed by atoms with Crippen LogP contribution in [-0.2, 0) is 17.8 Å². The number of carbonyl (C=O) groups excluding carboxylic acids is 1. The van der Waals surface area contributed by atoms with E-state index in [0.29, 0.717) is 23.7 Å². The Balaban J connectivity index is 2.04. The maximum absolute atomic E-state index is 12.0. The van der Waals surface area contributed by atoms with Crippen LogP contribution in [0.25, 0.3) is 16.4 Å². The highest BCUT2D eigenvalue weighted by molar-refractivity contribution is 7.15. The van der Waals surface area contributed by atoms with E-state index in [1.165, 1.54) is 16.6 Å². The fourth-order valence-electron chi connectivity index (χ4n) is 3.18. The van der Waals surface area contributed by atoms with Crippen LogP contribution in [0.15, 0.2) is 24.4 Å².